The van der Waals surface area contributed by atoms with Crippen LogP contribution in [0.3, 0.4) is 0 Å². The summed E-state index contributed by atoms with van der Waals surface area (Å²) < 4.78 is 0. The molecule has 0 saturated carbocycles. The lowest BCUT2D eigenvalue weighted by Gasteiger charge is -2.55. The summed E-state index contributed by atoms with van der Waals surface area (Å²) in [4.78, 5) is 9.37. The van der Waals surface area contributed by atoms with Gasteiger partial charge in [0.25, 0.3) is 0 Å². The second-order valence-electron chi connectivity index (χ2n) is 13.2. The van der Waals surface area contributed by atoms with Gasteiger partial charge in [0.1, 0.15) is 50.3 Å². The molecule has 4 aromatic rings. The van der Waals surface area contributed by atoms with E-state index in [1.54, 1.807) is 0 Å². The van der Waals surface area contributed by atoms with E-state index in [-0.39, 0.29) is 50.3 Å². The van der Waals surface area contributed by atoms with Crippen LogP contribution in [0.25, 0.3) is 0 Å². The van der Waals surface area contributed by atoms with Gasteiger partial charge in [-0.3, -0.25) is 63.8 Å². The highest BCUT2D eigenvalue weighted by atomic mass is 15.7. The van der Waals surface area contributed by atoms with Gasteiger partial charge in [-0.1, -0.05) is 72.8 Å². The van der Waals surface area contributed by atoms with Gasteiger partial charge < -0.3 is 19.6 Å². The summed E-state index contributed by atoms with van der Waals surface area (Å²) in [6, 6.07) is 42.2. The number of benzene rings is 4. The highest BCUT2D eigenvalue weighted by molar-refractivity contribution is 5.53. The Kier molecular flexibility index (Phi) is 9.83. The molecule has 16 nitrogen and oxygen atoms in total. The van der Waals surface area contributed by atoms with Gasteiger partial charge >= 0.3 is 0 Å². The topological polar surface area (TPSA) is 157 Å². The Hall–Kier alpha value is -4.40. The molecule has 8 unspecified atom stereocenters. The molecule has 9 rings (SSSR count). The number of nitrogens with zero attached hydrogens (tertiary/aromatic N) is 4. The Morgan fingerprint density at radius 3 is 0.615 bits per heavy atom. The van der Waals surface area contributed by atoms with E-state index in [0.29, 0.717) is 26.7 Å². The van der Waals surface area contributed by atoms with E-state index in [9.17, 15) is 0 Å². The summed E-state index contributed by atoms with van der Waals surface area (Å²) in [5, 5.41) is 45.4. The van der Waals surface area contributed by atoms with Crippen LogP contribution in [0, 0.1) is 0 Å². The van der Waals surface area contributed by atoms with Gasteiger partial charge in [-0.05, 0) is 48.5 Å². The summed E-state index contributed by atoms with van der Waals surface area (Å²) in [7, 11) is 0. The van der Waals surface area contributed by atoms with Crippen LogP contribution in [-0.4, -0.2) is 77.0 Å². The molecule has 0 aromatic heterocycles. The minimum Gasteiger partial charge on any atom is -0.315 e. The van der Waals surface area contributed by atoms with E-state index in [0.717, 1.165) is 22.7 Å². The van der Waals surface area contributed by atoms with Crippen LogP contribution in [0.2, 0.25) is 0 Å². The van der Waals surface area contributed by atoms with E-state index >= 15 is 0 Å². The lowest BCUT2D eigenvalue weighted by Crippen LogP contribution is -2.84. The normalized spacial score (nSPS) is 31.2. The van der Waals surface area contributed by atoms with Gasteiger partial charge in [-0.25, -0.2) is 0 Å². The van der Waals surface area contributed by atoms with Crippen molar-refractivity contribution in [1.82, 2.24) is 63.8 Å². The second-order valence-corrected chi connectivity index (χ2v) is 13.2. The summed E-state index contributed by atoms with van der Waals surface area (Å²) >= 11 is 0. The molecule has 5 aliphatic rings. The molecule has 0 amide bonds. The first-order valence-electron chi connectivity index (χ1n) is 18.0. The molecule has 8 atom stereocenters. The van der Waals surface area contributed by atoms with Gasteiger partial charge in [0.15, 0.2) is 0 Å². The molecule has 0 spiro atoms. The van der Waals surface area contributed by atoms with Crippen LogP contribution in [0.5, 0.6) is 0 Å². The van der Waals surface area contributed by atoms with Gasteiger partial charge in [0, 0.05) is 22.7 Å². The van der Waals surface area contributed by atoms with E-state index in [1.807, 2.05) is 0 Å². The van der Waals surface area contributed by atoms with E-state index in [4.69, 9.17) is 0 Å². The first-order chi connectivity index (χ1) is 25.8. The highest BCUT2D eigenvalue weighted by Gasteiger charge is 2.43. The number of fused-ring (bicyclic) bond motifs is 8. The smallest absolute Gasteiger partial charge is 0.140 e. The molecule has 5 saturated heterocycles. The fourth-order valence-electron chi connectivity index (χ4n) is 7.70. The first kappa shape index (κ1) is 33.4. The third-order valence-electron chi connectivity index (χ3n) is 10.1. The van der Waals surface area contributed by atoms with E-state index < -0.39 is 0 Å². The highest BCUT2D eigenvalue weighted by Crippen LogP contribution is 2.26. The van der Waals surface area contributed by atoms with Crippen molar-refractivity contribution in [1.29, 1.82) is 0 Å². The maximum atomic E-state index is 3.93. The minimum absolute atomic E-state index is 0.264. The zero-order chi connectivity index (χ0) is 34.7. The lowest BCUT2D eigenvalue weighted by molar-refractivity contribution is 0.135. The van der Waals surface area contributed by atoms with Crippen LogP contribution < -0.4 is 83.4 Å². The van der Waals surface area contributed by atoms with Crippen LogP contribution in [0.4, 0.5) is 22.7 Å². The monoisotopic (exact) mass is 704 g/mol. The Labute approximate surface area is 304 Å². The van der Waals surface area contributed by atoms with Crippen molar-refractivity contribution in [2.75, 3.05) is 46.3 Å². The Balaban J connectivity index is 1.17. The van der Waals surface area contributed by atoms with Crippen molar-refractivity contribution in [2.24, 2.45) is 0 Å². The van der Waals surface area contributed by atoms with Crippen molar-refractivity contribution < 1.29 is 0 Å². The molecule has 52 heavy (non-hydrogen) atoms. The number of para-hydroxylation sites is 4. The van der Waals surface area contributed by atoms with E-state index in [1.165, 1.54) is 0 Å². The lowest BCUT2D eigenvalue weighted by atomic mass is 10.2. The Morgan fingerprint density at radius 1 is 0.269 bits per heavy atom. The van der Waals surface area contributed by atoms with Crippen molar-refractivity contribution in [3.63, 3.8) is 0 Å². The summed E-state index contributed by atoms with van der Waals surface area (Å²) in [5.74, 6) is 0. The molecular weight excluding hydrogens is 657 g/mol. The molecule has 4 aromatic carbocycles. The Bertz CT molecular complexity index is 1410. The predicted molar refractivity (Wildman–Crippen MR) is 203 cm³/mol. The molecule has 12 N–H and O–H groups in total. The van der Waals surface area contributed by atoms with Crippen molar-refractivity contribution >= 4 is 22.7 Å². The third kappa shape index (κ3) is 6.79. The third-order valence-corrected chi connectivity index (χ3v) is 10.1. The Morgan fingerprint density at radius 2 is 0.442 bits per heavy atom. The average molecular weight is 705 g/mol. The first-order valence-corrected chi connectivity index (χ1v) is 18.0. The fraction of sp³-hybridized carbons (Fsp3) is 0.333. The van der Waals surface area contributed by atoms with Crippen LogP contribution in [0.1, 0.15) is 0 Å². The summed E-state index contributed by atoms with van der Waals surface area (Å²) in [6.07, 6.45) is -2.11. The summed E-state index contributed by atoms with van der Waals surface area (Å²) in [5.41, 5.74) is 4.25. The molecule has 8 bridgehead atoms. The van der Waals surface area contributed by atoms with Gasteiger partial charge in [-0.15, -0.1) is 0 Å². The molecule has 0 radical (unpaired) electrons. The molecule has 272 valence electrons. The van der Waals surface area contributed by atoms with Crippen LogP contribution in [-0.2, 0) is 0 Å². The largest absolute Gasteiger partial charge is 0.315 e. The quantitative estimate of drug-likeness (QED) is 0.129. The molecule has 16 heteroatoms. The number of nitrogens with one attached hydrogen (secondary N) is 12. The van der Waals surface area contributed by atoms with Crippen molar-refractivity contribution in [2.45, 2.75) is 50.3 Å². The molecular formula is C36H48N16. The number of anilines is 4. The minimum atomic E-state index is -0.264. The molecule has 5 aliphatic heterocycles. The van der Waals surface area contributed by atoms with Gasteiger partial charge in [0.05, 0.1) is 26.7 Å². The second kappa shape index (κ2) is 15.3. The fourth-order valence-corrected chi connectivity index (χ4v) is 7.70. The predicted octanol–water partition coefficient (Wildman–Crippen LogP) is -0.745. The molecule has 5 heterocycles. The number of hydrogen-bond acceptors (Lipinski definition) is 16. The van der Waals surface area contributed by atoms with E-state index in [2.05, 4.69) is 205 Å². The number of hydrogen-bond donors (Lipinski definition) is 12. The van der Waals surface area contributed by atoms with Crippen LogP contribution >= 0.6 is 0 Å². The molecule has 5 fully saturated rings. The zero-order valence-corrected chi connectivity index (χ0v) is 28.8. The molecule has 0 aliphatic carbocycles. The van der Waals surface area contributed by atoms with Gasteiger partial charge in [0.2, 0.25) is 0 Å². The number of rotatable bonds is 4. The summed E-state index contributed by atoms with van der Waals surface area (Å²) in [6.45, 7) is 2.30. The van der Waals surface area contributed by atoms with Gasteiger partial charge in [-0.2, -0.15) is 0 Å². The SMILES string of the molecule is c1ccc(N2C3NCNC(N3)N(c3ccccc3)C3NCNC(N3)N(c3ccccc3)C3NCNC(N3)N(c3ccccc3)C3NCNC2N3)cc1. The van der Waals surface area contributed by atoms with Crippen molar-refractivity contribution in [3.8, 4) is 0 Å². The average Bonchev–Trinajstić information content (AvgIpc) is 3.21. The standard InChI is InChI=1S/C36H48N16/c1-5-13-25(14-6-1)49-29-37-21-39-31(45-29)50(26-15-7-2-8-16-26)33-41-23-43-35(47-33)52(28-19-11-4-12-20-28)36-44-24-42-34(48-36)51(27-17-9-3-10-18-27)32-40-22-38-30(49)46-32/h1-20,29-48H,21-24H2. The maximum Gasteiger partial charge on any atom is 0.140 e. The zero-order valence-electron chi connectivity index (χ0n) is 28.8. The van der Waals surface area contributed by atoms with Crippen molar-refractivity contribution in [3.05, 3.63) is 121 Å². The van der Waals surface area contributed by atoms with Crippen LogP contribution in [0.15, 0.2) is 121 Å². The maximum absolute atomic E-state index is 3.93.